The largest absolute Gasteiger partial charge is 0.299 e. The minimum Gasteiger partial charge on any atom is -0.299 e. The second-order valence-corrected chi connectivity index (χ2v) is 6.60. The third kappa shape index (κ3) is 4.18. The Morgan fingerprint density at radius 2 is 1.57 bits per heavy atom. The zero-order valence-electron chi connectivity index (χ0n) is 13.6. The highest BCUT2D eigenvalue weighted by atomic mass is 16.1. The Labute approximate surface area is 130 Å². The van der Waals surface area contributed by atoms with Crippen molar-refractivity contribution in [3.05, 3.63) is 35.9 Å². The van der Waals surface area contributed by atoms with Gasteiger partial charge in [-0.2, -0.15) is 0 Å². The van der Waals surface area contributed by atoms with Crippen molar-refractivity contribution in [3.63, 3.8) is 0 Å². The molecule has 0 amide bonds. The van der Waals surface area contributed by atoms with Gasteiger partial charge in [0.15, 0.2) is 0 Å². The van der Waals surface area contributed by atoms with Crippen LogP contribution in [0.1, 0.15) is 83.1 Å². The van der Waals surface area contributed by atoms with Crippen LogP contribution >= 0.6 is 0 Å². The standard InChI is InChI=1S/C20H30O/c1-2-3-4-5-6-7-11-15-19(21)20(16-12-17-20)18-13-9-8-10-14-18/h8-10,13-14H,2-7,11-12,15-17H2,1H3. The van der Waals surface area contributed by atoms with Gasteiger partial charge < -0.3 is 0 Å². The molecule has 116 valence electrons. The third-order valence-corrected chi connectivity index (χ3v) is 5.07. The Balaban J connectivity index is 1.74. The average Bonchev–Trinajstić information content (AvgIpc) is 2.46. The van der Waals surface area contributed by atoms with Gasteiger partial charge in [0.05, 0.1) is 5.41 Å². The molecule has 0 aromatic heterocycles. The summed E-state index contributed by atoms with van der Waals surface area (Å²) in [7, 11) is 0. The number of unbranched alkanes of at least 4 members (excludes halogenated alkanes) is 6. The van der Waals surface area contributed by atoms with Gasteiger partial charge in [-0.25, -0.2) is 0 Å². The normalized spacial score (nSPS) is 16.4. The number of Topliss-reactive ketones (excluding diaryl/α,β-unsaturated/α-hetero) is 1. The molecule has 1 aliphatic carbocycles. The van der Waals surface area contributed by atoms with Crippen LogP contribution in [0.15, 0.2) is 30.3 Å². The van der Waals surface area contributed by atoms with Gasteiger partial charge in [-0.15, -0.1) is 0 Å². The Hall–Kier alpha value is -1.11. The zero-order valence-corrected chi connectivity index (χ0v) is 13.6. The van der Waals surface area contributed by atoms with Crippen LogP contribution in [0.3, 0.4) is 0 Å². The van der Waals surface area contributed by atoms with E-state index >= 15 is 0 Å². The van der Waals surface area contributed by atoms with Crippen molar-refractivity contribution in [2.75, 3.05) is 0 Å². The number of rotatable bonds is 10. The van der Waals surface area contributed by atoms with Crippen LogP contribution in [-0.2, 0) is 10.2 Å². The fourth-order valence-corrected chi connectivity index (χ4v) is 3.50. The van der Waals surface area contributed by atoms with Crippen molar-refractivity contribution in [1.29, 1.82) is 0 Å². The van der Waals surface area contributed by atoms with E-state index in [-0.39, 0.29) is 5.41 Å². The molecule has 1 fully saturated rings. The Kier molecular flexibility index (Phi) is 6.48. The molecule has 0 heterocycles. The van der Waals surface area contributed by atoms with E-state index in [1.807, 2.05) is 6.07 Å². The number of ketones is 1. The van der Waals surface area contributed by atoms with Crippen molar-refractivity contribution < 1.29 is 4.79 Å². The van der Waals surface area contributed by atoms with E-state index in [1.54, 1.807) is 0 Å². The topological polar surface area (TPSA) is 17.1 Å². The molecule has 2 rings (SSSR count). The van der Waals surface area contributed by atoms with Gasteiger partial charge in [0.25, 0.3) is 0 Å². The Bertz CT molecular complexity index is 417. The van der Waals surface area contributed by atoms with E-state index in [4.69, 9.17) is 0 Å². The lowest BCUT2D eigenvalue weighted by Crippen LogP contribution is -2.42. The molecule has 0 unspecified atom stereocenters. The van der Waals surface area contributed by atoms with Crippen LogP contribution in [0, 0.1) is 0 Å². The molecule has 21 heavy (non-hydrogen) atoms. The summed E-state index contributed by atoms with van der Waals surface area (Å²) in [6, 6.07) is 10.5. The Morgan fingerprint density at radius 1 is 0.952 bits per heavy atom. The SMILES string of the molecule is CCCCCCCCCC(=O)C1(c2ccccc2)CCC1. The predicted molar refractivity (Wildman–Crippen MR) is 89.6 cm³/mol. The maximum absolute atomic E-state index is 12.7. The van der Waals surface area contributed by atoms with Gasteiger partial charge in [0.2, 0.25) is 0 Å². The first kappa shape index (κ1) is 16.3. The molecule has 1 nitrogen and oxygen atoms in total. The van der Waals surface area contributed by atoms with Crippen molar-refractivity contribution in [2.24, 2.45) is 0 Å². The van der Waals surface area contributed by atoms with Crippen molar-refractivity contribution in [3.8, 4) is 0 Å². The predicted octanol–water partition coefficient (Wildman–Crippen LogP) is 5.82. The minimum atomic E-state index is -0.122. The maximum Gasteiger partial charge on any atom is 0.143 e. The first-order valence-electron chi connectivity index (χ1n) is 8.88. The number of carbonyl (C=O) groups excluding carboxylic acids is 1. The molecule has 0 spiro atoms. The van der Waals surface area contributed by atoms with Crippen LogP contribution in [0.2, 0.25) is 0 Å². The van der Waals surface area contributed by atoms with E-state index in [0.717, 1.165) is 25.7 Å². The molecule has 0 radical (unpaired) electrons. The number of hydrogen-bond donors (Lipinski definition) is 0. The monoisotopic (exact) mass is 286 g/mol. The van der Waals surface area contributed by atoms with Crippen molar-refractivity contribution >= 4 is 5.78 Å². The lowest BCUT2D eigenvalue weighted by atomic mass is 9.61. The lowest BCUT2D eigenvalue weighted by molar-refractivity contribution is -0.127. The summed E-state index contributed by atoms with van der Waals surface area (Å²) in [4.78, 5) is 12.7. The van der Waals surface area contributed by atoms with E-state index in [2.05, 4.69) is 31.2 Å². The molecule has 1 aliphatic rings. The highest BCUT2D eigenvalue weighted by Gasteiger charge is 2.44. The zero-order chi connectivity index (χ0) is 15.0. The highest BCUT2D eigenvalue weighted by Crippen LogP contribution is 2.45. The van der Waals surface area contributed by atoms with Crippen molar-refractivity contribution in [2.45, 2.75) is 83.0 Å². The number of hydrogen-bond acceptors (Lipinski definition) is 1. The second-order valence-electron chi connectivity index (χ2n) is 6.60. The van der Waals surface area contributed by atoms with Gasteiger partial charge in [-0.3, -0.25) is 4.79 Å². The van der Waals surface area contributed by atoms with Gasteiger partial charge in [0.1, 0.15) is 5.78 Å². The van der Waals surface area contributed by atoms with Gasteiger partial charge >= 0.3 is 0 Å². The summed E-state index contributed by atoms with van der Waals surface area (Å²) in [6.45, 7) is 2.25. The van der Waals surface area contributed by atoms with Gasteiger partial charge in [-0.1, -0.05) is 82.2 Å². The van der Waals surface area contributed by atoms with E-state index in [9.17, 15) is 4.79 Å². The molecule has 1 aromatic rings. The molecule has 1 saturated carbocycles. The van der Waals surface area contributed by atoms with Gasteiger partial charge in [-0.05, 0) is 24.8 Å². The molecule has 0 aliphatic heterocycles. The summed E-state index contributed by atoms with van der Waals surface area (Å²) in [5.74, 6) is 0.494. The molecule has 1 heteroatoms. The molecular weight excluding hydrogens is 256 g/mol. The van der Waals surface area contributed by atoms with E-state index < -0.39 is 0 Å². The van der Waals surface area contributed by atoms with E-state index in [1.165, 1.54) is 50.5 Å². The summed E-state index contributed by atoms with van der Waals surface area (Å²) < 4.78 is 0. The van der Waals surface area contributed by atoms with Gasteiger partial charge in [0, 0.05) is 6.42 Å². The maximum atomic E-state index is 12.7. The second kappa shape index (κ2) is 8.36. The lowest BCUT2D eigenvalue weighted by Gasteiger charge is -2.41. The van der Waals surface area contributed by atoms with Crippen LogP contribution in [0.4, 0.5) is 0 Å². The first-order valence-corrected chi connectivity index (χ1v) is 8.88. The quantitative estimate of drug-likeness (QED) is 0.495. The molecule has 0 saturated heterocycles. The summed E-state index contributed by atoms with van der Waals surface area (Å²) in [6.07, 6.45) is 13.1. The van der Waals surface area contributed by atoms with Crippen LogP contribution in [0.25, 0.3) is 0 Å². The third-order valence-electron chi connectivity index (χ3n) is 5.07. The smallest absolute Gasteiger partial charge is 0.143 e. The van der Waals surface area contributed by atoms with Crippen LogP contribution in [-0.4, -0.2) is 5.78 Å². The van der Waals surface area contributed by atoms with Crippen molar-refractivity contribution in [1.82, 2.24) is 0 Å². The first-order chi connectivity index (χ1) is 10.3. The highest BCUT2D eigenvalue weighted by molar-refractivity contribution is 5.91. The molecule has 0 atom stereocenters. The fourth-order valence-electron chi connectivity index (χ4n) is 3.50. The molecular formula is C20H30O. The van der Waals surface area contributed by atoms with Crippen LogP contribution < -0.4 is 0 Å². The summed E-state index contributed by atoms with van der Waals surface area (Å²) >= 11 is 0. The average molecular weight is 286 g/mol. The Morgan fingerprint density at radius 3 is 2.14 bits per heavy atom. The minimum absolute atomic E-state index is 0.122. The summed E-state index contributed by atoms with van der Waals surface area (Å²) in [5.41, 5.74) is 1.13. The molecule has 0 bridgehead atoms. The number of carbonyl (C=O) groups is 1. The fraction of sp³-hybridized carbons (Fsp3) is 0.650. The van der Waals surface area contributed by atoms with Crippen LogP contribution in [0.5, 0.6) is 0 Å². The van der Waals surface area contributed by atoms with E-state index in [0.29, 0.717) is 5.78 Å². The summed E-state index contributed by atoms with van der Waals surface area (Å²) in [5, 5.41) is 0. The number of benzene rings is 1. The molecule has 0 N–H and O–H groups in total. The molecule has 1 aromatic carbocycles.